The van der Waals surface area contributed by atoms with Gasteiger partial charge in [0.15, 0.2) is 0 Å². The number of rotatable bonds is 6. The lowest BCUT2D eigenvalue weighted by Crippen LogP contribution is -2.40. The summed E-state index contributed by atoms with van der Waals surface area (Å²) in [6.07, 6.45) is -0.437. The Kier molecular flexibility index (Phi) is 4.90. The van der Waals surface area contributed by atoms with E-state index < -0.39 is 42.3 Å². The number of carbonyl (C=O) groups excluding carboxylic acids is 2. The molecule has 0 aromatic heterocycles. The molecular weight excluding hydrogens is 347 g/mol. The van der Waals surface area contributed by atoms with Crippen molar-refractivity contribution >= 4 is 29.4 Å². The van der Waals surface area contributed by atoms with E-state index in [1.54, 1.807) is 0 Å². The van der Waals surface area contributed by atoms with E-state index in [1.165, 1.54) is 24.3 Å². The molecule has 1 heterocycles. The van der Waals surface area contributed by atoms with Gasteiger partial charge in [0, 0.05) is 14.2 Å². The molecule has 0 radical (unpaired) electrons. The predicted molar refractivity (Wildman–Crippen MR) is 79.3 cm³/mol. The number of nitrogens with zero attached hydrogens (tertiary/aromatic N) is 1. The van der Waals surface area contributed by atoms with E-state index in [0.717, 1.165) is 14.2 Å². The fourth-order valence-electron chi connectivity index (χ4n) is 1.96. The molecule has 0 saturated heterocycles. The highest BCUT2D eigenvalue weighted by Crippen LogP contribution is 2.44. The van der Waals surface area contributed by atoms with Crippen molar-refractivity contribution in [1.29, 1.82) is 0 Å². The molecule has 1 aromatic carbocycles. The summed E-state index contributed by atoms with van der Waals surface area (Å²) in [5.41, 5.74) is 0.0137. The van der Waals surface area contributed by atoms with Crippen LogP contribution in [0.4, 0.5) is 0 Å². The third-order valence-electron chi connectivity index (χ3n) is 3.23. The van der Waals surface area contributed by atoms with Gasteiger partial charge in [0.2, 0.25) is 5.91 Å². The Labute approximate surface area is 133 Å². The van der Waals surface area contributed by atoms with Crippen LogP contribution in [0.2, 0.25) is 0 Å². The maximum atomic E-state index is 12.3. The number of fused-ring (bicyclic) bond motifs is 1. The summed E-state index contributed by atoms with van der Waals surface area (Å²) in [6, 6.07) is 5.69. The third-order valence-corrected chi connectivity index (χ3v) is 6.67. The quantitative estimate of drug-likeness (QED) is 0.727. The molecule has 0 saturated carbocycles. The largest absolute Gasteiger partial charge is 0.349 e. The molecule has 126 valence electrons. The summed E-state index contributed by atoms with van der Waals surface area (Å²) in [7, 11) is -5.23. The topological polar surface area (TPSA) is 119 Å². The molecule has 9 nitrogen and oxygen atoms in total. The second-order valence-corrected chi connectivity index (χ2v) is 8.65. The van der Waals surface area contributed by atoms with Crippen molar-refractivity contribution in [3.63, 3.8) is 0 Å². The van der Waals surface area contributed by atoms with Gasteiger partial charge in [-0.3, -0.25) is 14.2 Å². The van der Waals surface area contributed by atoms with Crippen LogP contribution in [0.15, 0.2) is 29.2 Å². The van der Waals surface area contributed by atoms with Gasteiger partial charge in [0.05, 0.1) is 5.56 Å². The highest BCUT2D eigenvalue weighted by Gasteiger charge is 2.41. The number of hydrogen-bond acceptors (Lipinski definition) is 7. The Morgan fingerprint density at radius 1 is 1.26 bits per heavy atom. The molecule has 2 amide bonds. The highest BCUT2D eigenvalue weighted by atomic mass is 32.2. The molecule has 23 heavy (non-hydrogen) atoms. The fraction of sp³-hybridized carbons (Fsp3) is 0.333. The van der Waals surface area contributed by atoms with Crippen LogP contribution in [0, 0.1) is 0 Å². The fourth-order valence-corrected chi connectivity index (χ4v) is 4.26. The standard InChI is InChI=1S/C12H15N2O7PS/c1-20-22(17,21-2)8-13-11(15)7-14-12(16)9-5-3-4-6-10(9)23(14,18)19/h3-6H,7-8H2,1-2H3,(H,13,15). The van der Waals surface area contributed by atoms with Crippen LogP contribution in [0.1, 0.15) is 10.4 Å². The molecule has 0 fully saturated rings. The monoisotopic (exact) mass is 362 g/mol. The van der Waals surface area contributed by atoms with E-state index in [1.807, 2.05) is 0 Å². The number of carbonyl (C=O) groups is 2. The van der Waals surface area contributed by atoms with Gasteiger partial charge in [-0.25, -0.2) is 12.7 Å². The average Bonchev–Trinajstić information content (AvgIpc) is 2.74. The van der Waals surface area contributed by atoms with Crippen molar-refractivity contribution in [3.05, 3.63) is 29.8 Å². The van der Waals surface area contributed by atoms with Crippen LogP contribution >= 0.6 is 7.60 Å². The summed E-state index contributed by atoms with van der Waals surface area (Å²) in [5, 5.41) is 2.23. The van der Waals surface area contributed by atoms with Gasteiger partial charge in [-0.05, 0) is 12.1 Å². The molecule has 11 heteroatoms. The van der Waals surface area contributed by atoms with Gasteiger partial charge in [-0.15, -0.1) is 0 Å². The number of nitrogens with one attached hydrogen (secondary N) is 1. The number of amides is 2. The minimum Gasteiger partial charge on any atom is -0.343 e. The van der Waals surface area contributed by atoms with Crippen molar-refractivity contribution in [2.75, 3.05) is 27.1 Å². The first-order valence-corrected chi connectivity index (χ1v) is 9.55. The van der Waals surface area contributed by atoms with Crippen molar-refractivity contribution in [2.45, 2.75) is 4.90 Å². The summed E-state index contributed by atoms with van der Waals surface area (Å²) in [4.78, 5) is 23.8. The zero-order valence-electron chi connectivity index (χ0n) is 12.4. The second kappa shape index (κ2) is 6.40. The maximum absolute atomic E-state index is 12.3. The Bertz CT molecular complexity index is 784. The van der Waals surface area contributed by atoms with Gasteiger partial charge in [0.1, 0.15) is 17.7 Å². The van der Waals surface area contributed by atoms with Gasteiger partial charge < -0.3 is 14.4 Å². The van der Waals surface area contributed by atoms with Crippen molar-refractivity contribution in [1.82, 2.24) is 9.62 Å². The molecule has 1 N–H and O–H groups in total. The molecule has 1 aromatic rings. The molecule has 1 aliphatic rings. The van der Waals surface area contributed by atoms with Crippen LogP contribution in [0.3, 0.4) is 0 Å². The first kappa shape index (κ1) is 17.6. The Morgan fingerprint density at radius 2 is 1.87 bits per heavy atom. The first-order chi connectivity index (χ1) is 10.7. The Hall–Kier alpha value is -1.74. The molecule has 0 bridgehead atoms. The average molecular weight is 362 g/mol. The van der Waals surface area contributed by atoms with Gasteiger partial charge in [0.25, 0.3) is 15.9 Å². The van der Waals surface area contributed by atoms with Crippen LogP contribution in [0.5, 0.6) is 0 Å². The number of benzene rings is 1. The van der Waals surface area contributed by atoms with Crippen molar-refractivity contribution in [2.24, 2.45) is 0 Å². The highest BCUT2D eigenvalue weighted by molar-refractivity contribution is 7.90. The number of hydrogen-bond donors (Lipinski definition) is 1. The van der Waals surface area contributed by atoms with E-state index in [0.29, 0.717) is 4.31 Å². The smallest absolute Gasteiger partial charge is 0.343 e. The second-order valence-electron chi connectivity index (χ2n) is 4.55. The summed E-state index contributed by atoms with van der Waals surface area (Å²) < 4.78 is 46.1. The normalized spacial score (nSPS) is 16.3. The number of sulfonamides is 1. The van der Waals surface area contributed by atoms with E-state index in [-0.39, 0.29) is 10.5 Å². The molecule has 0 atom stereocenters. The van der Waals surface area contributed by atoms with E-state index in [9.17, 15) is 22.6 Å². The van der Waals surface area contributed by atoms with E-state index in [4.69, 9.17) is 0 Å². The van der Waals surface area contributed by atoms with Crippen LogP contribution in [-0.2, 0) is 28.4 Å². The zero-order chi connectivity index (χ0) is 17.3. The third kappa shape index (κ3) is 3.30. The minimum atomic E-state index is -4.06. The first-order valence-electron chi connectivity index (χ1n) is 6.38. The maximum Gasteiger partial charge on any atom is 0.349 e. The SMILES string of the molecule is COP(=O)(CNC(=O)CN1C(=O)c2ccccc2S1(=O)=O)OC. The summed E-state index contributed by atoms with van der Waals surface area (Å²) in [5.74, 6) is -1.58. The van der Waals surface area contributed by atoms with Crippen molar-refractivity contribution in [3.8, 4) is 0 Å². The van der Waals surface area contributed by atoms with E-state index in [2.05, 4.69) is 14.4 Å². The van der Waals surface area contributed by atoms with Gasteiger partial charge >= 0.3 is 7.60 Å². The van der Waals surface area contributed by atoms with Gasteiger partial charge in [-0.2, -0.15) is 0 Å². The zero-order valence-corrected chi connectivity index (χ0v) is 14.1. The lowest BCUT2D eigenvalue weighted by Gasteiger charge is -2.17. The van der Waals surface area contributed by atoms with Gasteiger partial charge in [-0.1, -0.05) is 12.1 Å². The van der Waals surface area contributed by atoms with Crippen molar-refractivity contribution < 1.29 is 31.6 Å². The lowest BCUT2D eigenvalue weighted by atomic mass is 10.2. The molecule has 1 aliphatic heterocycles. The Morgan fingerprint density at radius 3 is 2.43 bits per heavy atom. The van der Waals surface area contributed by atoms with E-state index >= 15 is 0 Å². The molecule has 0 spiro atoms. The minimum absolute atomic E-state index is 0.0137. The lowest BCUT2D eigenvalue weighted by molar-refractivity contribution is -0.120. The summed E-state index contributed by atoms with van der Waals surface area (Å²) >= 11 is 0. The van der Waals surface area contributed by atoms with Crippen LogP contribution in [0.25, 0.3) is 0 Å². The summed E-state index contributed by atoms with van der Waals surface area (Å²) in [6.45, 7) is -0.719. The predicted octanol–water partition coefficient (Wildman–Crippen LogP) is 0.391. The molecule has 2 rings (SSSR count). The Balaban J connectivity index is 2.11. The molecule has 0 aliphatic carbocycles. The molecular formula is C12H15N2O7PS. The van der Waals surface area contributed by atoms with Crippen LogP contribution in [-0.4, -0.2) is 51.6 Å². The van der Waals surface area contributed by atoms with Crippen LogP contribution < -0.4 is 5.32 Å². The molecule has 0 unspecified atom stereocenters.